The lowest BCUT2D eigenvalue weighted by atomic mass is 10.2. The third kappa shape index (κ3) is 1.46. The van der Waals surface area contributed by atoms with Crippen molar-refractivity contribution in [1.82, 2.24) is 0 Å². The van der Waals surface area contributed by atoms with Gasteiger partial charge in [0.2, 0.25) is 0 Å². The van der Waals surface area contributed by atoms with Crippen molar-refractivity contribution in [3.8, 4) is 0 Å². The predicted molar refractivity (Wildman–Crippen MR) is 60.0 cm³/mol. The third-order valence-corrected chi connectivity index (χ3v) is 4.01. The minimum absolute atomic E-state index is 0.0193. The lowest BCUT2D eigenvalue weighted by Gasteiger charge is -2.00. The van der Waals surface area contributed by atoms with E-state index in [0.717, 1.165) is 20.5 Å². The largest absolute Gasteiger partial charge is 0.392 e. The second kappa shape index (κ2) is 3.50. The van der Waals surface area contributed by atoms with Crippen LogP contribution >= 0.6 is 35.6 Å². The molecule has 1 N–H and O–H groups in total. The van der Waals surface area contributed by atoms with Gasteiger partial charge in [0.1, 0.15) is 0 Å². The van der Waals surface area contributed by atoms with Crippen LogP contribution in [0.25, 0.3) is 10.1 Å². The van der Waals surface area contributed by atoms with Gasteiger partial charge in [-0.05, 0) is 5.56 Å². The molecule has 1 heterocycles. The van der Waals surface area contributed by atoms with Crippen molar-refractivity contribution in [3.63, 3.8) is 0 Å². The lowest BCUT2D eigenvalue weighted by molar-refractivity contribution is 0.282. The number of thiol groups is 1. The van der Waals surface area contributed by atoms with Crippen molar-refractivity contribution in [2.24, 2.45) is 0 Å². The first-order valence-corrected chi connectivity index (χ1v) is 5.43. The summed E-state index contributed by atoms with van der Waals surface area (Å²) in [5.41, 5.74) is 0.768. The predicted octanol–water partition coefficient (Wildman–Crippen LogP) is 3.34. The second-order valence-corrected chi connectivity index (χ2v) is 4.43. The van der Waals surface area contributed by atoms with Crippen LogP contribution in [0.15, 0.2) is 22.4 Å². The molecule has 2 aromatic rings. The molecule has 0 saturated carbocycles. The third-order valence-electron chi connectivity index (χ3n) is 1.91. The normalized spacial score (nSPS) is 11.0. The topological polar surface area (TPSA) is 20.2 Å². The molecule has 1 aromatic carbocycles. The summed E-state index contributed by atoms with van der Waals surface area (Å²) in [5, 5.41) is 12.6. The Morgan fingerprint density at radius 3 is 2.92 bits per heavy atom. The minimum Gasteiger partial charge on any atom is -0.392 e. The lowest BCUT2D eigenvalue weighted by Crippen LogP contribution is -1.83. The zero-order chi connectivity index (χ0) is 9.42. The Morgan fingerprint density at radius 2 is 2.23 bits per heavy atom. The molecule has 68 valence electrons. The van der Waals surface area contributed by atoms with Crippen molar-refractivity contribution >= 4 is 45.7 Å². The second-order valence-electron chi connectivity index (χ2n) is 2.69. The summed E-state index contributed by atoms with van der Waals surface area (Å²) >= 11 is 11.9. The van der Waals surface area contributed by atoms with Crippen LogP contribution in [0.5, 0.6) is 0 Å². The van der Waals surface area contributed by atoms with E-state index in [1.807, 2.05) is 17.5 Å². The fourth-order valence-corrected chi connectivity index (χ4v) is 2.89. The molecule has 0 radical (unpaired) electrons. The van der Waals surface area contributed by atoms with Gasteiger partial charge < -0.3 is 5.11 Å². The quantitative estimate of drug-likeness (QED) is 0.720. The van der Waals surface area contributed by atoms with E-state index < -0.39 is 0 Å². The molecule has 0 atom stereocenters. The van der Waals surface area contributed by atoms with Crippen molar-refractivity contribution in [2.75, 3.05) is 0 Å². The van der Waals surface area contributed by atoms with Gasteiger partial charge in [0.15, 0.2) is 0 Å². The van der Waals surface area contributed by atoms with E-state index in [4.69, 9.17) is 16.7 Å². The van der Waals surface area contributed by atoms with Gasteiger partial charge in [-0.3, -0.25) is 0 Å². The number of hydrogen-bond acceptors (Lipinski definition) is 3. The van der Waals surface area contributed by atoms with Crippen molar-refractivity contribution in [2.45, 2.75) is 11.5 Å². The highest BCUT2D eigenvalue weighted by Gasteiger charge is 2.08. The Hall–Kier alpha value is -0.220. The fourth-order valence-electron chi connectivity index (χ4n) is 1.21. The highest BCUT2D eigenvalue weighted by molar-refractivity contribution is 7.80. The standard InChI is InChI=1S/C9H7ClOS2/c10-8-5(3-11)1-2-6-7(12)4-13-9(6)8/h1-2,4,11-12H,3H2. The Bertz CT molecular complexity index is 450. The first kappa shape index (κ1) is 9.34. The molecular formula is C9H7ClOS2. The number of aliphatic hydroxyl groups excluding tert-OH is 1. The van der Waals surface area contributed by atoms with Crippen LogP contribution < -0.4 is 0 Å². The van der Waals surface area contributed by atoms with Crippen LogP contribution in [0.4, 0.5) is 0 Å². The van der Waals surface area contributed by atoms with Gasteiger partial charge in [-0.25, -0.2) is 0 Å². The molecular weight excluding hydrogens is 224 g/mol. The Balaban J connectivity index is 2.80. The van der Waals surface area contributed by atoms with Gasteiger partial charge in [0.05, 0.1) is 16.3 Å². The van der Waals surface area contributed by atoms with Crippen LogP contribution in [0.1, 0.15) is 5.56 Å². The summed E-state index contributed by atoms with van der Waals surface area (Å²) < 4.78 is 0.998. The Labute approximate surface area is 90.4 Å². The van der Waals surface area contributed by atoms with Gasteiger partial charge >= 0.3 is 0 Å². The molecule has 0 unspecified atom stereocenters. The van der Waals surface area contributed by atoms with Crippen molar-refractivity contribution in [1.29, 1.82) is 0 Å². The number of thiophene rings is 1. The summed E-state index contributed by atoms with van der Waals surface area (Å²) in [6.07, 6.45) is 0. The average molecular weight is 231 g/mol. The number of halogens is 1. The van der Waals surface area contributed by atoms with Gasteiger partial charge in [-0.2, -0.15) is 0 Å². The molecule has 0 aliphatic heterocycles. The van der Waals surface area contributed by atoms with Crippen LogP contribution in [0.3, 0.4) is 0 Å². The van der Waals surface area contributed by atoms with Gasteiger partial charge in [0, 0.05) is 15.7 Å². The molecule has 0 aliphatic rings. The summed E-state index contributed by atoms with van der Waals surface area (Å²) in [6.45, 7) is -0.0193. The van der Waals surface area contributed by atoms with E-state index in [9.17, 15) is 0 Å². The number of hydrogen-bond donors (Lipinski definition) is 2. The molecule has 0 fully saturated rings. The highest BCUT2D eigenvalue weighted by Crippen LogP contribution is 2.35. The molecule has 1 nitrogen and oxygen atoms in total. The molecule has 1 aromatic heterocycles. The SMILES string of the molecule is OCc1ccc2c(S)csc2c1Cl. The van der Waals surface area contributed by atoms with Crippen molar-refractivity contribution in [3.05, 3.63) is 28.1 Å². The Kier molecular flexibility index (Phi) is 2.51. The van der Waals surface area contributed by atoms with E-state index in [-0.39, 0.29) is 6.61 Å². The van der Waals surface area contributed by atoms with Gasteiger partial charge in [-0.15, -0.1) is 24.0 Å². The van der Waals surface area contributed by atoms with Gasteiger partial charge in [0.25, 0.3) is 0 Å². The molecule has 2 rings (SSSR count). The summed E-state index contributed by atoms with van der Waals surface area (Å²) in [7, 11) is 0. The molecule has 0 saturated heterocycles. The molecule has 13 heavy (non-hydrogen) atoms. The number of benzene rings is 1. The highest BCUT2D eigenvalue weighted by atomic mass is 35.5. The van der Waals surface area contributed by atoms with Crippen LogP contribution in [0.2, 0.25) is 5.02 Å². The summed E-state index contributed by atoms with van der Waals surface area (Å²) in [6, 6.07) is 3.77. The van der Waals surface area contributed by atoms with E-state index in [1.54, 1.807) is 11.3 Å². The number of rotatable bonds is 1. The fraction of sp³-hybridized carbons (Fsp3) is 0.111. The molecule has 4 heteroatoms. The van der Waals surface area contributed by atoms with Crippen LogP contribution in [0, 0.1) is 0 Å². The maximum atomic E-state index is 8.99. The van der Waals surface area contributed by atoms with Crippen LogP contribution in [-0.2, 0) is 6.61 Å². The van der Waals surface area contributed by atoms with E-state index in [0.29, 0.717) is 5.02 Å². The van der Waals surface area contributed by atoms with Crippen LogP contribution in [-0.4, -0.2) is 5.11 Å². The summed E-state index contributed by atoms with van der Waals surface area (Å²) in [4.78, 5) is 0.936. The summed E-state index contributed by atoms with van der Waals surface area (Å²) in [5.74, 6) is 0. The molecule has 0 spiro atoms. The molecule has 0 bridgehead atoms. The average Bonchev–Trinajstić information content (AvgIpc) is 2.50. The van der Waals surface area contributed by atoms with E-state index in [1.165, 1.54) is 0 Å². The monoisotopic (exact) mass is 230 g/mol. The smallest absolute Gasteiger partial charge is 0.0696 e. The van der Waals surface area contributed by atoms with Crippen molar-refractivity contribution < 1.29 is 5.11 Å². The number of aliphatic hydroxyl groups is 1. The molecule has 0 aliphatic carbocycles. The van der Waals surface area contributed by atoms with E-state index >= 15 is 0 Å². The maximum Gasteiger partial charge on any atom is 0.0696 e. The number of fused-ring (bicyclic) bond motifs is 1. The first-order chi connectivity index (χ1) is 6.24. The minimum atomic E-state index is -0.0193. The zero-order valence-corrected chi connectivity index (χ0v) is 9.09. The zero-order valence-electron chi connectivity index (χ0n) is 6.62. The molecule has 0 amide bonds. The maximum absolute atomic E-state index is 8.99. The van der Waals surface area contributed by atoms with Gasteiger partial charge in [-0.1, -0.05) is 23.7 Å². The Morgan fingerprint density at radius 1 is 1.46 bits per heavy atom. The first-order valence-electron chi connectivity index (χ1n) is 3.72. The van der Waals surface area contributed by atoms with E-state index in [2.05, 4.69) is 12.6 Å².